The Bertz CT molecular complexity index is 684. The fraction of sp³-hybridized carbons (Fsp3) is 0.316. The van der Waals surface area contributed by atoms with Crippen LogP contribution in [0.15, 0.2) is 54.6 Å². The van der Waals surface area contributed by atoms with Crippen molar-refractivity contribution in [2.24, 2.45) is 0 Å². The second-order valence-electron chi connectivity index (χ2n) is 6.02. The Morgan fingerprint density at radius 1 is 1.00 bits per heavy atom. The summed E-state index contributed by atoms with van der Waals surface area (Å²) >= 11 is 0. The summed E-state index contributed by atoms with van der Waals surface area (Å²) in [5.74, 6) is -0.415. The van der Waals surface area contributed by atoms with E-state index >= 15 is 0 Å². The molecule has 4 nitrogen and oxygen atoms in total. The van der Waals surface area contributed by atoms with Crippen LogP contribution in [-0.2, 0) is 0 Å². The molecule has 0 aromatic heterocycles. The number of nitrogens with one attached hydrogen (secondary N) is 1. The maximum absolute atomic E-state index is 13.6. The van der Waals surface area contributed by atoms with Crippen molar-refractivity contribution in [3.8, 4) is 0 Å². The van der Waals surface area contributed by atoms with Gasteiger partial charge in [-0.2, -0.15) is 0 Å². The number of halogens is 1. The Morgan fingerprint density at radius 2 is 1.62 bits per heavy atom. The average molecular weight is 327 g/mol. The van der Waals surface area contributed by atoms with Crippen LogP contribution in [0.2, 0.25) is 0 Å². The molecule has 1 aliphatic heterocycles. The fourth-order valence-corrected chi connectivity index (χ4v) is 3.01. The first-order chi connectivity index (χ1) is 11.6. The quantitative estimate of drug-likeness (QED) is 0.932. The van der Waals surface area contributed by atoms with Crippen LogP contribution in [0.25, 0.3) is 0 Å². The van der Waals surface area contributed by atoms with Gasteiger partial charge in [-0.3, -0.25) is 4.90 Å². The maximum atomic E-state index is 13.6. The van der Waals surface area contributed by atoms with Crippen LogP contribution in [0, 0.1) is 5.82 Å². The molecule has 1 aliphatic rings. The van der Waals surface area contributed by atoms with Gasteiger partial charge in [0.1, 0.15) is 5.82 Å². The first kappa shape index (κ1) is 16.5. The van der Waals surface area contributed by atoms with Gasteiger partial charge in [0.2, 0.25) is 0 Å². The summed E-state index contributed by atoms with van der Waals surface area (Å²) in [5.41, 5.74) is 1.50. The average Bonchev–Trinajstić information content (AvgIpc) is 2.64. The lowest BCUT2D eigenvalue weighted by Gasteiger charge is -2.38. The van der Waals surface area contributed by atoms with Gasteiger partial charge in [-0.1, -0.05) is 42.5 Å². The van der Waals surface area contributed by atoms with Crippen LogP contribution < -0.4 is 5.32 Å². The van der Waals surface area contributed by atoms with E-state index in [1.165, 1.54) is 11.6 Å². The van der Waals surface area contributed by atoms with Gasteiger partial charge in [0.15, 0.2) is 0 Å². The normalized spacial score (nSPS) is 16.7. The number of carbonyl (C=O) groups is 1. The zero-order chi connectivity index (χ0) is 16.9. The predicted octanol–water partition coefficient (Wildman–Crippen LogP) is 3.74. The minimum Gasteiger partial charge on any atom is -0.322 e. The minimum absolute atomic E-state index is 0.225. The molecule has 1 fully saturated rings. The molecule has 0 spiro atoms. The van der Waals surface area contributed by atoms with E-state index < -0.39 is 5.82 Å². The lowest BCUT2D eigenvalue weighted by Crippen LogP contribution is -2.50. The Balaban J connectivity index is 1.55. The lowest BCUT2D eigenvalue weighted by molar-refractivity contribution is 0.119. The number of piperazine rings is 1. The van der Waals surface area contributed by atoms with Crippen LogP contribution in [0.4, 0.5) is 14.9 Å². The van der Waals surface area contributed by atoms with Crippen molar-refractivity contribution in [1.82, 2.24) is 9.80 Å². The smallest absolute Gasteiger partial charge is 0.322 e. The summed E-state index contributed by atoms with van der Waals surface area (Å²) in [5, 5.41) is 2.65. The summed E-state index contributed by atoms with van der Waals surface area (Å²) in [7, 11) is 0. The Labute approximate surface area is 141 Å². The number of hydrogen-bond acceptors (Lipinski definition) is 2. The molecule has 24 heavy (non-hydrogen) atoms. The predicted molar refractivity (Wildman–Crippen MR) is 93.4 cm³/mol. The van der Waals surface area contributed by atoms with Crippen LogP contribution in [0.5, 0.6) is 0 Å². The Hall–Kier alpha value is -2.40. The van der Waals surface area contributed by atoms with Crippen molar-refractivity contribution in [2.75, 3.05) is 31.5 Å². The van der Waals surface area contributed by atoms with Gasteiger partial charge in [0, 0.05) is 32.2 Å². The number of hydrogen-bond donors (Lipinski definition) is 1. The Morgan fingerprint density at radius 3 is 2.29 bits per heavy atom. The highest BCUT2D eigenvalue weighted by molar-refractivity contribution is 5.89. The van der Waals surface area contributed by atoms with Gasteiger partial charge in [0.25, 0.3) is 0 Å². The van der Waals surface area contributed by atoms with E-state index in [-0.39, 0.29) is 11.7 Å². The number of para-hydroxylation sites is 1. The topological polar surface area (TPSA) is 35.6 Å². The molecular weight excluding hydrogens is 305 g/mol. The molecule has 1 saturated heterocycles. The van der Waals surface area contributed by atoms with E-state index in [1.807, 2.05) is 18.2 Å². The third-order valence-electron chi connectivity index (χ3n) is 4.55. The monoisotopic (exact) mass is 327 g/mol. The molecule has 2 amide bonds. The van der Waals surface area contributed by atoms with Crippen molar-refractivity contribution < 1.29 is 9.18 Å². The molecule has 2 aromatic carbocycles. The number of amides is 2. The summed E-state index contributed by atoms with van der Waals surface area (Å²) in [6, 6.07) is 16.7. The molecule has 0 saturated carbocycles. The summed E-state index contributed by atoms with van der Waals surface area (Å²) in [6.07, 6.45) is 0. The summed E-state index contributed by atoms with van der Waals surface area (Å²) in [6.45, 7) is 5.07. The first-order valence-electron chi connectivity index (χ1n) is 8.24. The van der Waals surface area contributed by atoms with Crippen LogP contribution in [0.3, 0.4) is 0 Å². The molecule has 126 valence electrons. The van der Waals surface area contributed by atoms with Crippen LogP contribution >= 0.6 is 0 Å². The minimum atomic E-state index is -0.415. The van der Waals surface area contributed by atoms with E-state index in [1.54, 1.807) is 23.1 Å². The van der Waals surface area contributed by atoms with E-state index in [9.17, 15) is 9.18 Å². The number of benzene rings is 2. The van der Waals surface area contributed by atoms with Crippen molar-refractivity contribution in [3.05, 3.63) is 66.0 Å². The van der Waals surface area contributed by atoms with E-state index in [0.29, 0.717) is 19.1 Å². The fourth-order valence-electron chi connectivity index (χ4n) is 3.01. The lowest BCUT2D eigenvalue weighted by atomic mass is 10.1. The number of carbonyl (C=O) groups excluding carboxylic acids is 1. The third kappa shape index (κ3) is 3.74. The van der Waals surface area contributed by atoms with Crippen molar-refractivity contribution in [1.29, 1.82) is 0 Å². The Kier molecular flexibility index (Phi) is 5.11. The van der Waals surface area contributed by atoms with Crippen molar-refractivity contribution in [3.63, 3.8) is 0 Å². The molecule has 1 N–H and O–H groups in total. The number of anilines is 1. The number of urea groups is 1. The highest BCUT2D eigenvalue weighted by Gasteiger charge is 2.25. The molecule has 0 radical (unpaired) electrons. The SMILES string of the molecule is CC(c1ccccc1)N1CCN(C(=O)Nc2ccccc2F)CC1. The molecule has 0 aliphatic carbocycles. The molecule has 0 bridgehead atoms. The second-order valence-corrected chi connectivity index (χ2v) is 6.02. The molecule has 5 heteroatoms. The van der Waals surface area contributed by atoms with E-state index in [0.717, 1.165) is 13.1 Å². The molecule has 1 unspecified atom stereocenters. The van der Waals surface area contributed by atoms with Gasteiger partial charge in [-0.15, -0.1) is 0 Å². The maximum Gasteiger partial charge on any atom is 0.322 e. The summed E-state index contributed by atoms with van der Waals surface area (Å²) < 4.78 is 13.6. The van der Waals surface area contributed by atoms with Crippen molar-refractivity contribution in [2.45, 2.75) is 13.0 Å². The summed E-state index contributed by atoms with van der Waals surface area (Å²) in [4.78, 5) is 16.4. The molecule has 2 aromatic rings. The molecule has 3 rings (SSSR count). The van der Waals surface area contributed by atoms with Gasteiger partial charge in [-0.25, -0.2) is 9.18 Å². The molecule has 1 heterocycles. The van der Waals surface area contributed by atoms with Crippen LogP contribution in [0.1, 0.15) is 18.5 Å². The van der Waals surface area contributed by atoms with Gasteiger partial charge in [-0.05, 0) is 24.6 Å². The third-order valence-corrected chi connectivity index (χ3v) is 4.55. The second kappa shape index (κ2) is 7.45. The first-order valence-corrected chi connectivity index (χ1v) is 8.24. The highest BCUT2D eigenvalue weighted by atomic mass is 19.1. The van der Waals surface area contributed by atoms with E-state index in [4.69, 9.17) is 0 Å². The zero-order valence-electron chi connectivity index (χ0n) is 13.8. The standard InChI is InChI=1S/C19H22FN3O/c1-15(16-7-3-2-4-8-16)22-11-13-23(14-12-22)19(24)21-18-10-6-5-9-17(18)20/h2-10,15H,11-14H2,1H3,(H,21,24). The van der Waals surface area contributed by atoms with Gasteiger partial charge < -0.3 is 10.2 Å². The van der Waals surface area contributed by atoms with Crippen LogP contribution in [-0.4, -0.2) is 42.0 Å². The van der Waals surface area contributed by atoms with Gasteiger partial charge in [0.05, 0.1) is 5.69 Å². The van der Waals surface area contributed by atoms with Crippen molar-refractivity contribution >= 4 is 11.7 Å². The van der Waals surface area contributed by atoms with E-state index in [2.05, 4.69) is 29.3 Å². The number of rotatable bonds is 3. The zero-order valence-corrected chi connectivity index (χ0v) is 13.8. The largest absolute Gasteiger partial charge is 0.322 e. The highest BCUT2D eigenvalue weighted by Crippen LogP contribution is 2.21. The van der Waals surface area contributed by atoms with Gasteiger partial charge >= 0.3 is 6.03 Å². The molecule has 1 atom stereocenters. The number of nitrogens with zero attached hydrogens (tertiary/aromatic N) is 2. The molecular formula is C19H22FN3O.